The molecule has 1 N–H and O–H groups in total. The molecule has 1 nitrogen and oxygen atoms in total. The van der Waals surface area contributed by atoms with Crippen molar-refractivity contribution in [2.24, 2.45) is 0 Å². The number of rotatable bonds is 2. The van der Waals surface area contributed by atoms with Crippen LogP contribution in [-0.4, -0.2) is 10.6 Å². The first kappa shape index (κ1) is 6.76. The summed E-state index contributed by atoms with van der Waals surface area (Å²) in [6.07, 6.45) is 0.824. The van der Waals surface area contributed by atoms with E-state index in [-0.39, 0.29) is 0 Å². The molecule has 0 amide bonds. The lowest BCUT2D eigenvalue weighted by Crippen LogP contribution is -2.02. The van der Waals surface area contributed by atoms with Crippen LogP contribution in [0.4, 0.5) is 0 Å². The van der Waals surface area contributed by atoms with Gasteiger partial charge in [0, 0.05) is 10.6 Å². The molecule has 0 aliphatic heterocycles. The molecule has 2 heteroatoms. The molecule has 0 rings (SSSR count). The van der Waals surface area contributed by atoms with Crippen LogP contribution in [0.25, 0.3) is 0 Å². The van der Waals surface area contributed by atoms with Crippen LogP contribution < -0.4 is 0 Å². The molecule has 0 aliphatic carbocycles. The smallest absolute Gasteiger partial charge is 0.0422 e. The van der Waals surface area contributed by atoms with E-state index in [1.54, 1.807) is 6.92 Å². The first-order valence-electron chi connectivity index (χ1n) is 2.26. The highest BCUT2D eigenvalue weighted by Crippen LogP contribution is 1.85. The summed E-state index contributed by atoms with van der Waals surface area (Å²) >= 11 is 4.75. The van der Waals surface area contributed by atoms with Crippen LogP contribution in [0.5, 0.6) is 0 Å². The number of thiocarbonyl (C=S) groups is 1. The van der Waals surface area contributed by atoms with Crippen molar-refractivity contribution < 1.29 is 0 Å². The number of hydrogen-bond donors (Lipinski definition) is 1. The molecule has 0 unspecified atom stereocenters. The minimum absolute atomic E-state index is 0.525. The van der Waals surface area contributed by atoms with Gasteiger partial charge >= 0.3 is 0 Å². The molecule has 0 bridgehead atoms. The van der Waals surface area contributed by atoms with Gasteiger partial charge in [-0.2, -0.15) is 0 Å². The molecule has 0 fully saturated rings. The van der Waals surface area contributed by atoms with E-state index < -0.39 is 0 Å². The van der Waals surface area contributed by atoms with E-state index in [2.05, 4.69) is 0 Å². The van der Waals surface area contributed by atoms with Crippen molar-refractivity contribution in [3.8, 4) is 0 Å². The molecule has 40 valence electrons. The minimum atomic E-state index is 0.525. The van der Waals surface area contributed by atoms with E-state index in [0.29, 0.717) is 5.71 Å². The molecular weight excluding hydrogens is 106 g/mol. The van der Waals surface area contributed by atoms with Crippen molar-refractivity contribution in [1.29, 1.82) is 5.41 Å². The summed E-state index contributed by atoms with van der Waals surface area (Å²) in [4.78, 5) is 0.764. The zero-order valence-electron chi connectivity index (χ0n) is 4.62. The Morgan fingerprint density at radius 3 is 2.14 bits per heavy atom. The normalized spacial score (nSPS) is 8.29. The van der Waals surface area contributed by atoms with Gasteiger partial charge in [-0.1, -0.05) is 19.1 Å². The van der Waals surface area contributed by atoms with Gasteiger partial charge in [-0.3, -0.25) is 0 Å². The highest BCUT2D eigenvalue weighted by atomic mass is 32.1. The van der Waals surface area contributed by atoms with Gasteiger partial charge in [-0.25, -0.2) is 0 Å². The predicted octanol–water partition coefficient (Wildman–Crippen LogP) is 1.81. The first-order chi connectivity index (χ1) is 3.18. The van der Waals surface area contributed by atoms with Crippen LogP contribution in [0.1, 0.15) is 20.3 Å². The zero-order valence-corrected chi connectivity index (χ0v) is 5.43. The lowest BCUT2D eigenvalue weighted by Gasteiger charge is -1.90. The molecule has 0 saturated carbocycles. The molecular formula is C5H9NS. The zero-order chi connectivity index (χ0) is 5.86. The van der Waals surface area contributed by atoms with Crippen molar-refractivity contribution in [2.75, 3.05) is 0 Å². The van der Waals surface area contributed by atoms with Gasteiger partial charge in [0.15, 0.2) is 0 Å². The quantitative estimate of drug-likeness (QED) is 0.430. The molecule has 0 aliphatic rings. The van der Waals surface area contributed by atoms with E-state index in [1.807, 2.05) is 6.92 Å². The first-order valence-corrected chi connectivity index (χ1v) is 2.67. The van der Waals surface area contributed by atoms with Crippen molar-refractivity contribution in [1.82, 2.24) is 0 Å². The van der Waals surface area contributed by atoms with Gasteiger partial charge in [-0.05, 0) is 13.3 Å². The van der Waals surface area contributed by atoms with Gasteiger partial charge in [-0.15, -0.1) is 0 Å². The molecule has 0 aromatic rings. The standard InChI is InChI=1S/C5H9NS/c1-3-5(7)4(2)6/h6H,3H2,1-2H3. The van der Waals surface area contributed by atoms with Crippen molar-refractivity contribution >= 4 is 22.8 Å². The lowest BCUT2D eigenvalue weighted by atomic mass is 10.2. The van der Waals surface area contributed by atoms with Crippen LogP contribution in [0, 0.1) is 5.41 Å². The summed E-state index contributed by atoms with van der Waals surface area (Å²) in [6, 6.07) is 0. The predicted molar refractivity (Wildman–Crippen MR) is 36.3 cm³/mol. The van der Waals surface area contributed by atoms with Crippen LogP contribution in [0.2, 0.25) is 0 Å². The topological polar surface area (TPSA) is 23.9 Å². The second-order valence-electron chi connectivity index (χ2n) is 1.40. The molecule has 0 aromatic heterocycles. The molecule has 0 radical (unpaired) electrons. The van der Waals surface area contributed by atoms with Crippen molar-refractivity contribution in [2.45, 2.75) is 20.3 Å². The fraction of sp³-hybridized carbons (Fsp3) is 0.600. The summed E-state index contributed by atoms with van der Waals surface area (Å²) in [6.45, 7) is 3.67. The Morgan fingerprint density at radius 1 is 1.71 bits per heavy atom. The van der Waals surface area contributed by atoms with Crippen molar-refractivity contribution in [3.05, 3.63) is 0 Å². The van der Waals surface area contributed by atoms with Gasteiger partial charge in [0.25, 0.3) is 0 Å². The maximum atomic E-state index is 6.96. The average molecular weight is 115 g/mol. The molecule has 0 spiro atoms. The molecule has 0 aromatic carbocycles. The lowest BCUT2D eigenvalue weighted by molar-refractivity contribution is 1.32. The van der Waals surface area contributed by atoms with Gasteiger partial charge < -0.3 is 5.41 Å². The third-order valence-corrected chi connectivity index (χ3v) is 1.33. The van der Waals surface area contributed by atoms with E-state index in [9.17, 15) is 0 Å². The minimum Gasteiger partial charge on any atom is -0.304 e. The summed E-state index contributed by atoms with van der Waals surface area (Å²) in [5.74, 6) is 0. The van der Waals surface area contributed by atoms with Gasteiger partial charge in [0.1, 0.15) is 0 Å². The highest BCUT2D eigenvalue weighted by Gasteiger charge is 1.90. The van der Waals surface area contributed by atoms with Crippen LogP contribution in [0.15, 0.2) is 0 Å². The van der Waals surface area contributed by atoms with Crippen LogP contribution in [0.3, 0.4) is 0 Å². The number of nitrogens with one attached hydrogen (secondary N) is 1. The van der Waals surface area contributed by atoms with E-state index in [0.717, 1.165) is 11.3 Å². The Kier molecular flexibility index (Phi) is 2.76. The Balaban J connectivity index is 3.58. The Hall–Kier alpha value is -0.240. The van der Waals surface area contributed by atoms with E-state index >= 15 is 0 Å². The molecule has 0 atom stereocenters. The second-order valence-corrected chi connectivity index (χ2v) is 1.89. The summed E-state index contributed by atoms with van der Waals surface area (Å²) in [5.41, 5.74) is 0.525. The SMILES string of the molecule is CCC(=S)C(C)=N. The average Bonchev–Trinajstić information content (AvgIpc) is 1.65. The van der Waals surface area contributed by atoms with Crippen molar-refractivity contribution in [3.63, 3.8) is 0 Å². The summed E-state index contributed by atoms with van der Waals surface area (Å²) < 4.78 is 0. The third-order valence-electron chi connectivity index (χ3n) is 0.739. The summed E-state index contributed by atoms with van der Waals surface area (Å²) in [5, 5.41) is 6.96. The fourth-order valence-electron chi connectivity index (χ4n) is 0.265. The fourth-order valence-corrected chi connectivity index (χ4v) is 0.265. The molecule has 7 heavy (non-hydrogen) atoms. The van der Waals surface area contributed by atoms with E-state index in [4.69, 9.17) is 17.6 Å². The van der Waals surface area contributed by atoms with E-state index in [1.165, 1.54) is 0 Å². The third kappa shape index (κ3) is 2.45. The Morgan fingerprint density at radius 2 is 2.14 bits per heavy atom. The second kappa shape index (κ2) is 2.86. The molecule has 0 saturated heterocycles. The van der Waals surface area contributed by atoms with Gasteiger partial charge in [0.2, 0.25) is 0 Å². The molecule has 0 heterocycles. The van der Waals surface area contributed by atoms with Crippen LogP contribution in [-0.2, 0) is 0 Å². The summed E-state index contributed by atoms with van der Waals surface area (Å²) in [7, 11) is 0. The van der Waals surface area contributed by atoms with Crippen LogP contribution >= 0.6 is 12.2 Å². The maximum absolute atomic E-state index is 6.96. The highest BCUT2D eigenvalue weighted by molar-refractivity contribution is 7.82. The Labute approximate surface area is 49.2 Å². The van der Waals surface area contributed by atoms with Gasteiger partial charge in [0.05, 0.1) is 0 Å². The maximum Gasteiger partial charge on any atom is 0.0422 e. The number of hydrogen-bond acceptors (Lipinski definition) is 2. The Bertz CT molecular complexity index is 96.3. The monoisotopic (exact) mass is 115 g/mol. The largest absolute Gasteiger partial charge is 0.304 e.